The van der Waals surface area contributed by atoms with Crippen LogP contribution in [0.1, 0.15) is 5.56 Å². The molecule has 1 aromatic rings. The summed E-state index contributed by atoms with van der Waals surface area (Å²) in [6, 6.07) is 10.2. The number of halogens is 2. The first-order chi connectivity index (χ1) is 5.29. The quantitative estimate of drug-likeness (QED) is 0.720. The maximum Gasteiger partial charge on any atom is 0.0880 e. The minimum Gasteiger partial charge on any atom is -0.0719 e. The van der Waals surface area contributed by atoms with Crippen molar-refractivity contribution >= 4 is 37.9 Å². The van der Waals surface area contributed by atoms with Crippen molar-refractivity contribution in [1.29, 1.82) is 0 Å². The summed E-state index contributed by atoms with van der Waals surface area (Å²) in [7, 11) is 0. The van der Waals surface area contributed by atoms with Crippen LogP contribution in [0.5, 0.6) is 0 Å². The van der Waals surface area contributed by atoms with Gasteiger partial charge in [-0.15, -0.1) is 0 Å². The molecule has 1 aromatic carbocycles. The van der Waals surface area contributed by atoms with E-state index in [9.17, 15) is 0 Å². The summed E-state index contributed by atoms with van der Waals surface area (Å²) in [4.78, 5) is 0. The van der Waals surface area contributed by atoms with Gasteiger partial charge in [0.25, 0.3) is 0 Å². The number of alkyl halides is 2. The van der Waals surface area contributed by atoms with Crippen molar-refractivity contribution in [2.45, 2.75) is 3.74 Å². The van der Waals surface area contributed by atoms with Gasteiger partial charge in [-0.1, -0.05) is 74.3 Å². The Labute approximate surface area is 83.6 Å². The predicted octanol–water partition coefficient (Wildman–Crippen LogP) is 3.82. The van der Waals surface area contributed by atoms with E-state index in [-0.39, 0.29) is 3.74 Å². The van der Waals surface area contributed by atoms with Crippen LogP contribution in [-0.2, 0) is 0 Å². The normalized spacial score (nSPS) is 11.2. The number of allylic oxidation sites excluding steroid dienone is 1. The topological polar surface area (TPSA) is 0 Å². The predicted molar refractivity (Wildman–Crippen MR) is 57.1 cm³/mol. The van der Waals surface area contributed by atoms with Gasteiger partial charge in [0, 0.05) is 0 Å². The van der Waals surface area contributed by atoms with Gasteiger partial charge in [0.2, 0.25) is 0 Å². The minimum absolute atomic E-state index is 0.259. The van der Waals surface area contributed by atoms with Crippen LogP contribution in [0.2, 0.25) is 0 Å². The second-order valence-corrected chi connectivity index (χ2v) is 5.31. The molecule has 0 spiro atoms. The molecular weight excluding hydrogens is 268 g/mol. The van der Waals surface area contributed by atoms with Gasteiger partial charge in [-0.25, -0.2) is 0 Å². The molecule has 0 saturated heterocycles. The Hall–Kier alpha value is -0.0800. The molecule has 0 aliphatic carbocycles. The third-order valence-electron chi connectivity index (χ3n) is 1.23. The van der Waals surface area contributed by atoms with E-state index >= 15 is 0 Å². The fraction of sp³-hybridized carbons (Fsp3) is 0.111. The third kappa shape index (κ3) is 3.73. The molecule has 0 aliphatic heterocycles. The van der Waals surface area contributed by atoms with Crippen molar-refractivity contribution in [3.63, 3.8) is 0 Å². The van der Waals surface area contributed by atoms with E-state index in [2.05, 4.69) is 50.1 Å². The van der Waals surface area contributed by atoms with Crippen molar-refractivity contribution < 1.29 is 0 Å². The Balaban J connectivity index is 2.65. The van der Waals surface area contributed by atoms with E-state index in [0.29, 0.717) is 0 Å². The van der Waals surface area contributed by atoms with Crippen molar-refractivity contribution in [2.24, 2.45) is 0 Å². The second kappa shape index (κ2) is 4.73. The van der Waals surface area contributed by atoms with Crippen molar-refractivity contribution in [1.82, 2.24) is 0 Å². The highest BCUT2D eigenvalue weighted by Crippen LogP contribution is 2.11. The van der Waals surface area contributed by atoms with Gasteiger partial charge in [0.1, 0.15) is 0 Å². The van der Waals surface area contributed by atoms with E-state index < -0.39 is 0 Å². The zero-order chi connectivity index (χ0) is 8.10. The monoisotopic (exact) mass is 274 g/mol. The highest BCUT2D eigenvalue weighted by atomic mass is 79.9. The standard InChI is InChI=1S/C9H8Br2/c10-9(11)7-6-8-4-2-1-3-5-8/h1-7,9H/b7-6+. The largest absolute Gasteiger partial charge is 0.0880 e. The lowest BCUT2D eigenvalue weighted by molar-refractivity contribution is 1.64. The number of hydrogen-bond donors (Lipinski definition) is 0. The van der Waals surface area contributed by atoms with Crippen LogP contribution in [0.15, 0.2) is 36.4 Å². The molecule has 1 rings (SSSR count). The fourth-order valence-corrected chi connectivity index (χ4v) is 1.05. The summed E-state index contributed by atoms with van der Waals surface area (Å²) < 4.78 is 0.259. The van der Waals surface area contributed by atoms with Gasteiger partial charge in [-0.05, 0) is 5.56 Å². The zero-order valence-corrected chi connectivity index (χ0v) is 9.05. The first kappa shape index (κ1) is 9.01. The molecule has 2 heteroatoms. The Morgan fingerprint density at radius 3 is 2.27 bits per heavy atom. The van der Waals surface area contributed by atoms with E-state index in [1.807, 2.05) is 24.3 Å². The van der Waals surface area contributed by atoms with Gasteiger partial charge in [-0.2, -0.15) is 0 Å². The molecule has 58 valence electrons. The maximum absolute atomic E-state index is 3.36. The third-order valence-corrected chi connectivity index (χ3v) is 1.84. The molecule has 0 unspecified atom stereocenters. The van der Waals surface area contributed by atoms with Gasteiger partial charge in [-0.3, -0.25) is 0 Å². The molecule has 11 heavy (non-hydrogen) atoms. The summed E-state index contributed by atoms with van der Waals surface area (Å²) in [5.41, 5.74) is 1.22. The van der Waals surface area contributed by atoms with Crippen LogP contribution in [0.3, 0.4) is 0 Å². The smallest absolute Gasteiger partial charge is 0.0719 e. The Kier molecular flexibility index (Phi) is 3.87. The van der Waals surface area contributed by atoms with E-state index in [4.69, 9.17) is 0 Å². The highest BCUT2D eigenvalue weighted by molar-refractivity contribution is 9.24. The molecule has 0 saturated carbocycles. The SMILES string of the molecule is BrC(Br)/C=C/c1ccccc1. The molecule has 0 fully saturated rings. The van der Waals surface area contributed by atoms with Gasteiger partial charge >= 0.3 is 0 Å². The first-order valence-electron chi connectivity index (χ1n) is 3.30. The molecule has 0 nitrogen and oxygen atoms in total. The summed E-state index contributed by atoms with van der Waals surface area (Å²) in [6.07, 6.45) is 4.10. The Morgan fingerprint density at radius 2 is 1.73 bits per heavy atom. The molecule has 0 atom stereocenters. The van der Waals surface area contributed by atoms with Crippen LogP contribution in [0, 0.1) is 0 Å². The highest BCUT2D eigenvalue weighted by Gasteiger charge is 1.87. The van der Waals surface area contributed by atoms with Gasteiger partial charge in [0.05, 0.1) is 3.74 Å². The number of rotatable bonds is 2. The molecule has 0 bridgehead atoms. The molecular formula is C9H8Br2. The Bertz CT molecular complexity index is 227. The lowest BCUT2D eigenvalue weighted by Crippen LogP contribution is -1.74. The van der Waals surface area contributed by atoms with Crippen LogP contribution < -0.4 is 0 Å². The molecule has 0 aromatic heterocycles. The van der Waals surface area contributed by atoms with Gasteiger partial charge < -0.3 is 0 Å². The zero-order valence-electron chi connectivity index (χ0n) is 5.87. The van der Waals surface area contributed by atoms with Crippen LogP contribution in [0.25, 0.3) is 6.08 Å². The molecule has 0 N–H and O–H groups in total. The average molecular weight is 276 g/mol. The van der Waals surface area contributed by atoms with Gasteiger partial charge in [0.15, 0.2) is 0 Å². The van der Waals surface area contributed by atoms with Crippen molar-refractivity contribution in [3.8, 4) is 0 Å². The molecule has 0 amide bonds. The summed E-state index contributed by atoms with van der Waals surface area (Å²) in [5, 5.41) is 0. The molecule has 0 radical (unpaired) electrons. The van der Waals surface area contributed by atoms with E-state index in [1.165, 1.54) is 5.56 Å². The average Bonchev–Trinajstić information content (AvgIpc) is 2.03. The molecule has 0 heterocycles. The fourth-order valence-electron chi connectivity index (χ4n) is 0.748. The van der Waals surface area contributed by atoms with Crippen LogP contribution in [0.4, 0.5) is 0 Å². The summed E-state index contributed by atoms with van der Waals surface area (Å²) >= 11 is 6.72. The summed E-state index contributed by atoms with van der Waals surface area (Å²) in [6.45, 7) is 0. The first-order valence-corrected chi connectivity index (χ1v) is 5.13. The van der Waals surface area contributed by atoms with E-state index in [0.717, 1.165) is 0 Å². The Morgan fingerprint density at radius 1 is 1.09 bits per heavy atom. The summed E-state index contributed by atoms with van der Waals surface area (Å²) in [5.74, 6) is 0. The lowest BCUT2D eigenvalue weighted by atomic mass is 10.2. The minimum atomic E-state index is 0.259. The second-order valence-electron chi connectivity index (χ2n) is 2.10. The van der Waals surface area contributed by atoms with Crippen molar-refractivity contribution in [3.05, 3.63) is 42.0 Å². The maximum atomic E-state index is 3.36. The number of hydrogen-bond acceptors (Lipinski definition) is 0. The number of benzene rings is 1. The van der Waals surface area contributed by atoms with Crippen molar-refractivity contribution in [2.75, 3.05) is 0 Å². The lowest BCUT2D eigenvalue weighted by Gasteiger charge is -1.91. The molecule has 0 aliphatic rings. The van der Waals surface area contributed by atoms with E-state index in [1.54, 1.807) is 0 Å². The van der Waals surface area contributed by atoms with Crippen LogP contribution in [-0.4, -0.2) is 3.74 Å². The van der Waals surface area contributed by atoms with Crippen LogP contribution >= 0.6 is 31.9 Å².